The maximum Gasteiger partial charge on any atom is 0 e. The molecule has 0 radical (unpaired) electrons. The summed E-state index contributed by atoms with van der Waals surface area (Å²) in [6, 6.07) is 0. The van der Waals surface area contributed by atoms with Crippen molar-refractivity contribution in [1.29, 1.82) is 0 Å². The molecule has 0 heterocycles. The SMILES string of the molecule is C=[C-]C.C=[C-]O.[W].[W]. The number of rotatable bonds is 0. The van der Waals surface area contributed by atoms with Crippen molar-refractivity contribution in [2.24, 2.45) is 0 Å². The predicted molar refractivity (Wildman–Crippen MR) is 26.0 cm³/mol. The largest absolute Gasteiger partial charge is 0.706 e. The van der Waals surface area contributed by atoms with Crippen LogP contribution in [-0.4, -0.2) is 5.11 Å². The van der Waals surface area contributed by atoms with E-state index in [4.69, 9.17) is 5.11 Å². The van der Waals surface area contributed by atoms with Crippen molar-refractivity contribution in [1.82, 2.24) is 0 Å². The second-order valence-electron chi connectivity index (χ2n) is 0.512. The van der Waals surface area contributed by atoms with E-state index < -0.39 is 0 Å². The van der Waals surface area contributed by atoms with E-state index in [0.717, 1.165) is 0 Å². The van der Waals surface area contributed by atoms with Crippen molar-refractivity contribution < 1.29 is 47.2 Å². The molecule has 0 atom stereocenters. The van der Waals surface area contributed by atoms with Crippen molar-refractivity contribution in [2.75, 3.05) is 0 Å². The van der Waals surface area contributed by atoms with Crippen molar-refractivity contribution >= 4 is 0 Å². The average Bonchev–Trinajstić information content (AvgIpc) is 1.39. The van der Waals surface area contributed by atoms with Crippen LogP contribution in [0.4, 0.5) is 0 Å². The van der Waals surface area contributed by atoms with Crippen LogP contribution in [0.1, 0.15) is 6.92 Å². The van der Waals surface area contributed by atoms with Crippen molar-refractivity contribution in [3.8, 4) is 0 Å². The Labute approximate surface area is 79.4 Å². The number of aliphatic hydroxyl groups is 1. The summed E-state index contributed by atoms with van der Waals surface area (Å²) in [7, 11) is 0. The smallest absolute Gasteiger partial charge is 0 e. The normalized spacial score (nSPS) is 3.12. The first kappa shape index (κ1) is 23.4. The molecule has 0 aromatic heterocycles. The summed E-state index contributed by atoms with van der Waals surface area (Å²) in [5.74, 6) is 0. The predicted octanol–water partition coefficient (Wildman–Crippen LogP) is 1.48. The molecule has 48 valence electrons. The van der Waals surface area contributed by atoms with Gasteiger partial charge in [0, 0.05) is 42.1 Å². The fourth-order valence-electron chi connectivity index (χ4n) is 0. The van der Waals surface area contributed by atoms with Gasteiger partial charge in [-0.3, -0.25) is 6.58 Å². The fourth-order valence-corrected chi connectivity index (χ4v) is 0. The molecule has 0 aromatic rings. The molecule has 3 heteroatoms. The van der Waals surface area contributed by atoms with Crippen LogP contribution in [0.3, 0.4) is 0 Å². The molecule has 0 aliphatic carbocycles. The molecule has 0 fully saturated rings. The third-order valence-corrected chi connectivity index (χ3v) is 0. The molecule has 0 aliphatic heterocycles. The van der Waals surface area contributed by atoms with Crippen LogP contribution in [0, 0.1) is 12.3 Å². The molecule has 0 spiro atoms. The Bertz CT molecular complexity index is 31.4. The molecule has 0 aliphatic rings. The number of allylic oxidation sites excluding steroid dienone is 1. The Morgan fingerprint density at radius 2 is 1.25 bits per heavy atom. The van der Waals surface area contributed by atoms with Gasteiger partial charge in [0.1, 0.15) is 0 Å². The number of hydrogen-bond donors (Lipinski definition) is 1. The van der Waals surface area contributed by atoms with E-state index >= 15 is 0 Å². The van der Waals surface area contributed by atoms with Gasteiger partial charge in [-0.05, 0) is 0 Å². The first-order chi connectivity index (χ1) is 2.83. The summed E-state index contributed by atoms with van der Waals surface area (Å²) < 4.78 is 0. The Morgan fingerprint density at radius 1 is 1.25 bits per heavy atom. The minimum atomic E-state index is 0. The summed E-state index contributed by atoms with van der Waals surface area (Å²) >= 11 is 0. The summed E-state index contributed by atoms with van der Waals surface area (Å²) in [6.45, 7) is 7.79. The van der Waals surface area contributed by atoms with Gasteiger partial charge in [0.15, 0.2) is 0 Å². The summed E-state index contributed by atoms with van der Waals surface area (Å²) in [4.78, 5) is 0. The van der Waals surface area contributed by atoms with Gasteiger partial charge >= 0.3 is 0 Å². The Kier molecular flexibility index (Phi) is 141. The quantitative estimate of drug-likeness (QED) is 0.437. The van der Waals surface area contributed by atoms with Gasteiger partial charge < -0.3 is 17.4 Å². The maximum absolute atomic E-state index is 7.21. The summed E-state index contributed by atoms with van der Waals surface area (Å²) in [6.07, 6.45) is 4.00. The van der Waals surface area contributed by atoms with Gasteiger partial charge in [0.25, 0.3) is 0 Å². The molecule has 0 saturated heterocycles. The molecule has 0 rings (SSSR count). The molecular formula is C5H8OW2-2. The molecule has 0 saturated carbocycles. The molecule has 0 unspecified atom stereocenters. The Hall–Kier alpha value is 0.657. The zero-order valence-corrected chi connectivity index (χ0v) is 10.5. The Balaban J connectivity index is -0.0000000160. The molecule has 0 bridgehead atoms. The van der Waals surface area contributed by atoms with Crippen LogP contribution < -0.4 is 0 Å². The molecular weight excluding hydrogens is 444 g/mol. The first-order valence-corrected chi connectivity index (χ1v) is 1.43. The number of hydrogen-bond acceptors (Lipinski definition) is 1. The van der Waals surface area contributed by atoms with Crippen molar-refractivity contribution in [2.45, 2.75) is 6.92 Å². The Morgan fingerprint density at radius 3 is 1.25 bits per heavy atom. The van der Waals surface area contributed by atoms with Crippen LogP contribution in [0.15, 0.2) is 13.2 Å². The third kappa shape index (κ3) is 494. The van der Waals surface area contributed by atoms with Gasteiger partial charge in [-0.25, -0.2) is 6.58 Å². The molecule has 1 N–H and O–H groups in total. The first-order valence-electron chi connectivity index (χ1n) is 1.43. The molecule has 0 amide bonds. The molecule has 8 heavy (non-hydrogen) atoms. The van der Waals surface area contributed by atoms with Crippen LogP contribution in [0.2, 0.25) is 0 Å². The van der Waals surface area contributed by atoms with Crippen LogP contribution >= 0.6 is 0 Å². The van der Waals surface area contributed by atoms with Crippen LogP contribution in [0.5, 0.6) is 0 Å². The second kappa shape index (κ2) is 48.1. The minimum absolute atomic E-state index is 0. The van der Waals surface area contributed by atoms with Crippen molar-refractivity contribution in [3.05, 3.63) is 25.5 Å². The zero-order valence-electron chi connectivity index (χ0n) is 4.68. The standard InChI is InChI=1S/C3H5.C2H3O.2W/c1-3-2;1-2-3;;/h1H2,2H3;3H,1H2;;/q2*-1;;. The van der Waals surface area contributed by atoms with Gasteiger partial charge in [-0.15, -0.1) is 0 Å². The van der Waals surface area contributed by atoms with Crippen LogP contribution in [-0.2, 0) is 42.1 Å². The molecule has 1 nitrogen and oxygen atoms in total. The van der Waals surface area contributed by atoms with Gasteiger partial charge in [-0.2, -0.15) is 6.92 Å². The van der Waals surface area contributed by atoms with Gasteiger partial charge in [0.05, 0.1) is 0 Å². The zero-order chi connectivity index (χ0) is 5.41. The van der Waals surface area contributed by atoms with E-state index in [-0.39, 0.29) is 42.1 Å². The topological polar surface area (TPSA) is 20.2 Å². The average molecular weight is 452 g/mol. The number of aliphatic hydroxyl groups excluding tert-OH is 1. The second-order valence-corrected chi connectivity index (χ2v) is 0.512. The molecule has 0 aromatic carbocycles. The van der Waals surface area contributed by atoms with E-state index in [1.54, 1.807) is 6.92 Å². The van der Waals surface area contributed by atoms with E-state index in [2.05, 4.69) is 19.2 Å². The van der Waals surface area contributed by atoms with E-state index in [0.29, 0.717) is 0 Å². The van der Waals surface area contributed by atoms with Gasteiger partial charge in [0.2, 0.25) is 0 Å². The third-order valence-electron chi connectivity index (χ3n) is 0. The van der Waals surface area contributed by atoms with Crippen LogP contribution in [0.25, 0.3) is 0 Å². The maximum atomic E-state index is 7.21. The van der Waals surface area contributed by atoms with E-state index in [9.17, 15) is 0 Å². The van der Waals surface area contributed by atoms with Crippen molar-refractivity contribution in [3.63, 3.8) is 0 Å². The minimum Gasteiger partial charge on any atom is -0.706 e. The van der Waals surface area contributed by atoms with Gasteiger partial charge in [-0.1, -0.05) is 0 Å². The summed E-state index contributed by atoms with van der Waals surface area (Å²) in [5.41, 5.74) is 0. The fraction of sp³-hybridized carbons (Fsp3) is 0.200. The monoisotopic (exact) mass is 452 g/mol. The van der Waals surface area contributed by atoms with E-state index in [1.165, 1.54) is 6.26 Å². The summed E-state index contributed by atoms with van der Waals surface area (Å²) in [5, 5.41) is 7.21. The van der Waals surface area contributed by atoms with E-state index in [1.807, 2.05) is 0 Å².